The molecule has 1 unspecified atom stereocenters. The fourth-order valence-corrected chi connectivity index (χ4v) is 1.98. The van der Waals surface area contributed by atoms with Crippen LogP contribution in [0.15, 0.2) is 0 Å². The third-order valence-corrected chi connectivity index (χ3v) is 2.65. The lowest BCUT2D eigenvalue weighted by molar-refractivity contribution is 0.392. The van der Waals surface area contributed by atoms with E-state index in [4.69, 9.17) is 0 Å². The number of unbranched alkanes of at least 4 members (excludes halogenated alkanes) is 3. The lowest BCUT2D eigenvalue weighted by Crippen LogP contribution is -2.30. The first-order valence-electron chi connectivity index (χ1n) is 6.44. The van der Waals surface area contributed by atoms with Crippen LogP contribution in [0.2, 0.25) is 0 Å². The van der Waals surface area contributed by atoms with Crippen molar-refractivity contribution in [3.8, 4) is 0 Å². The minimum Gasteiger partial charge on any atom is -0.314 e. The van der Waals surface area contributed by atoms with E-state index in [-0.39, 0.29) is 0 Å². The van der Waals surface area contributed by atoms with Crippen LogP contribution >= 0.6 is 0 Å². The van der Waals surface area contributed by atoms with Gasteiger partial charge in [-0.25, -0.2) is 0 Å². The molecule has 0 aliphatic rings. The van der Waals surface area contributed by atoms with Crippen molar-refractivity contribution in [2.24, 2.45) is 5.92 Å². The molecule has 1 heteroatoms. The maximum Gasteiger partial charge on any atom is 0.00693 e. The molecule has 0 aliphatic carbocycles. The van der Waals surface area contributed by atoms with Crippen LogP contribution in [-0.2, 0) is 0 Å². The molecule has 14 heavy (non-hydrogen) atoms. The largest absolute Gasteiger partial charge is 0.314 e. The van der Waals surface area contributed by atoms with Gasteiger partial charge < -0.3 is 5.32 Å². The molecule has 0 amide bonds. The average Bonchev–Trinajstić information content (AvgIpc) is 2.12. The summed E-state index contributed by atoms with van der Waals surface area (Å²) >= 11 is 0. The summed E-state index contributed by atoms with van der Waals surface area (Å²) < 4.78 is 0. The highest BCUT2D eigenvalue weighted by Crippen LogP contribution is 2.12. The van der Waals surface area contributed by atoms with Gasteiger partial charge in [0.25, 0.3) is 0 Å². The predicted octanol–water partition coefficient (Wildman–Crippen LogP) is 3.98. The molecular weight excluding hydrogens is 170 g/mol. The summed E-state index contributed by atoms with van der Waals surface area (Å²) in [6.45, 7) is 10.2. The molecule has 0 aromatic carbocycles. The number of nitrogens with one attached hydrogen (secondary N) is 1. The van der Waals surface area contributed by atoms with Crippen LogP contribution in [0, 0.1) is 5.92 Å². The van der Waals surface area contributed by atoms with Gasteiger partial charge in [-0.05, 0) is 25.3 Å². The van der Waals surface area contributed by atoms with Gasteiger partial charge in [-0.3, -0.25) is 0 Å². The molecule has 0 saturated carbocycles. The highest BCUT2D eigenvalue weighted by Gasteiger charge is 2.08. The Balaban J connectivity index is 3.51. The van der Waals surface area contributed by atoms with Gasteiger partial charge in [0.2, 0.25) is 0 Å². The van der Waals surface area contributed by atoms with E-state index in [1.165, 1.54) is 38.5 Å². The first-order chi connectivity index (χ1) is 6.70. The zero-order valence-electron chi connectivity index (χ0n) is 10.6. The van der Waals surface area contributed by atoms with Crippen LogP contribution in [-0.4, -0.2) is 12.6 Å². The van der Waals surface area contributed by atoms with E-state index in [0.717, 1.165) is 18.5 Å². The molecule has 0 radical (unpaired) electrons. The van der Waals surface area contributed by atoms with Crippen molar-refractivity contribution >= 4 is 0 Å². The second-order valence-corrected chi connectivity index (χ2v) is 4.73. The van der Waals surface area contributed by atoms with Gasteiger partial charge in [-0.1, -0.05) is 53.4 Å². The molecule has 0 saturated heterocycles. The first kappa shape index (κ1) is 14.0. The third kappa shape index (κ3) is 8.55. The zero-order valence-corrected chi connectivity index (χ0v) is 10.6. The van der Waals surface area contributed by atoms with Gasteiger partial charge in [0.05, 0.1) is 0 Å². The van der Waals surface area contributed by atoms with Crippen LogP contribution in [0.4, 0.5) is 0 Å². The number of rotatable bonds is 9. The monoisotopic (exact) mass is 199 g/mol. The Hall–Kier alpha value is -0.0400. The molecule has 1 nitrogen and oxygen atoms in total. The van der Waals surface area contributed by atoms with Crippen LogP contribution in [0.3, 0.4) is 0 Å². The van der Waals surface area contributed by atoms with E-state index in [0.29, 0.717) is 0 Å². The normalized spacial score (nSPS) is 13.5. The van der Waals surface area contributed by atoms with E-state index in [9.17, 15) is 0 Å². The van der Waals surface area contributed by atoms with Crippen molar-refractivity contribution in [2.75, 3.05) is 6.54 Å². The van der Waals surface area contributed by atoms with Crippen molar-refractivity contribution in [1.82, 2.24) is 5.32 Å². The number of hydrogen-bond acceptors (Lipinski definition) is 1. The van der Waals surface area contributed by atoms with Crippen LogP contribution in [0.25, 0.3) is 0 Å². The van der Waals surface area contributed by atoms with Crippen molar-refractivity contribution in [3.05, 3.63) is 0 Å². The fourth-order valence-electron chi connectivity index (χ4n) is 1.98. The molecule has 0 rings (SSSR count). The van der Waals surface area contributed by atoms with Gasteiger partial charge in [0, 0.05) is 6.04 Å². The van der Waals surface area contributed by atoms with E-state index in [1.807, 2.05) is 0 Å². The summed E-state index contributed by atoms with van der Waals surface area (Å²) in [6.07, 6.45) is 8.26. The lowest BCUT2D eigenvalue weighted by atomic mass is 9.98. The Morgan fingerprint density at radius 1 is 1.00 bits per heavy atom. The third-order valence-electron chi connectivity index (χ3n) is 2.65. The maximum absolute atomic E-state index is 3.59. The Bertz CT molecular complexity index is 110. The summed E-state index contributed by atoms with van der Waals surface area (Å²) in [4.78, 5) is 0. The topological polar surface area (TPSA) is 12.0 Å². The van der Waals surface area contributed by atoms with Crippen molar-refractivity contribution in [2.45, 2.75) is 72.3 Å². The molecule has 1 N–H and O–H groups in total. The highest BCUT2D eigenvalue weighted by atomic mass is 14.9. The minimum absolute atomic E-state index is 0.761. The summed E-state index contributed by atoms with van der Waals surface area (Å²) in [5.41, 5.74) is 0. The minimum atomic E-state index is 0.761. The fraction of sp³-hybridized carbons (Fsp3) is 1.00. The van der Waals surface area contributed by atoms with Gasteiger partial charge in [-0.15, -0.1) is 0 Å². The Kier molecular flexibility index (Phi) is 9.49. The number of hydrogen-bond donors (Lipinski definition) is 1. The molecular formula is C13H29N. The van der Waals surface area contributed by atoms with Gasteiger partial charge in [-0.2, -0.15) is 0 Å². The van der Waals surface area contributed by atoms with Crippen LogP contribution in [0.5, 0.6) is 0 Å². The van der Waals surface area contributed by atoms with Gasteiger partial charge in [0.1, 0.15) is 0 Å². The van der Waals surface area contributed by atoms with E-state index < -0.39 is 0 Å². The maximum atomic E-state index is 3.59. The first-order valence-corrected chi connectivity index (χ1v) is 6.44. The zero-order chi connectivity index (χ0) is 10.8. The molecule has 0 aliphatic heterocycles. The van der Waals surface area contributed by atoms with Crippen molar-refractivity contribution in [1.29, 1.82) is 0 Å². The van der Waals surface area contributed by atoms with Gasteiger partial charge >= 0.3 is 0 Å². The SMILES string of the molecule is CCCCCCC(CC(C)C)NCC. The molecule has 1 atom stereocenters. The van der Waals surface area contributed by atoms with Crippen molar-refractivity contribution < 1.29 is 0 Å². The Morgan fingerprint density at radius 3 is 2.21 bits per heavy atom. The second kappa shape index (κ2) is 9.51. The smallest absolute Gasteiger partial charge is 0.00693 e. The summed E-state index contributed by atoms with van der Waals surface area (Å²) in [6, 6.07) is 0.761. The average molecular weight is 199 g/mol. The molecule has 0 aromatic rings. The summed E-state index contributed by atoms with van der Waals surface area (Å²) in [5, 5.41) is 3.59. The molecule has 0 spiro atoms. The van der Waals surface area contributed by atoms with E-state index in [2.05, 4.69) is 33.0 Å². The van der Waals surface area contributed by atoms with E-state index in [1.54, 1.807) is 0 Å². The second-order valence-electron chi connectivity index (χ2n) is 4.73. The molecule has 86 valence electrons. The summed E-state index contributed by atoms with van der Waals surface area (Å²) in [5.74, 6) is 0.824. The van der Waals surface area contributed by atoms with Crippen molar-refractivity contribution in [3.63, 3.8) is 0 Å². The molecule has 0 heterocycles. The molecule has 0 aromatic heterocycles. The molecule has 0 fully saturated rings. The van der Waals surface area contributed by atoms with Gasteiger partial charge in [0.15, 0.2) is 0 Å². The Labute approximate surface area is 90.7 Å². The Morgan fingerprint density at radius 2 is 1.71 bits per heavy atom. The van der Waals surface area contributed by atoms with Crippen LogP contribution < -0.4 is 5.32 Å². The lowest BCUT2D eigenvalue weighted by Gasteiger charge is -2.19. The van der Waals surface area contributed by atoms with Crippen LogP contribution in [0.1, 0.15) is 66.2 Å². The molecule has 0 bridgehead atoms. The summed E-state index contributed by atoms with van der Waals surface area (Å²) in [7, 11) is 0. The predicted molar refractivity (Wildman–Crippen MR) is 65.7 cm³/mol. The highest BCUT2D eigenvalue weighted by molar-refractivity contribution is 4.67. The quantitative estimate of drug-likeness (QED) is 0.554. The van der Waals surface area contributed by atoms with E-state index >= 15 is 0 Å². The standard InChI is InChI=1S/C13H29N/c1-5-7-8-9-10-13(14-6-2)11-12(3)4/h12-14H,5-11H2,1-4H3.